The van der Waals surface area contributed by atoms with Crippen LogP contribution in [0.1, 0.15) is 23.6 Å². The van der Waals surface area contributed by atoms with Crippen molar-refractivity contribution < 1.29 is 13.9 Å². The van der Waals surface area contributed by atoms with Gasteiger partial charge in [-0.25, -0.2) is 0 Å². The fourth-order valence-electron chi connectivity index (χ4n) is 1.80. The number of hydrogen-bond acceptors (Lipinski definition) is 3. The Bertz CT molecular complexity index is 575. The van der Waals surface area contributed by atoms with E-state index in [0.29, 0.717) is 6.54 Å². The van der Waals surface area contributed by atoms with Crippen LogP contribution in [0.3, 0.4) is 0 Å². The molecule has 1 amide bonds. The van der Waals surface area contributed by atoms with Gasteiger partial charge in [-0.2, -0.15) is 0 Å². The van der Waals surface area contributed by atoms with Crippen molar-refractivity contribution in [3.63, 3.8) is 0 Å². The Kier molecular flexibility index (Phi) is 4.45. The molecule has 20 heavy (non-hydrogen) atoms. The van der Waals surface area contributed by atoms with E-state index in [1.54, 1.807) is 19.5 Å². The molecule has 4 heteroatoms. The molecule has 0 saturated heterocycles. The number of aryl methyl sites for hydroxylation is 2. The molecule has 1 heterocycles. The summed E-state index contributed by atoms with van der Waals surface area (Å²) in [5.74, 6) is 0.600. The van der Waals surface area contributed by atoms with Crippen molar-refractivity contribution in [2.24, 2.45) is 0 Å². The summed E-state index contributed by atoms with van der Waals surface area (Å²) in [6.07, 6.45) is 2.65. The van der Waals surface area contributed by atoms with Gasteiger partial charge in [0.2, 0.25) is 0 Å². The molecule has 0 saturated carbocycles. The Hall–Kier alpha value is -2.23. The fraction of sp³-hybridized carbons (Fsp3) is 0.312. The van der Waals surface area contributed by atoms with Gasteiger partial charge in [0.25, 0.3) is 5.91 Å². The first-order valence-corrected chi connectivity index (χ1v) is 6.59. The Morgan fingerprint density at radius 3 is 2.85 bits per heavy atom. The van der Waals surface area contributed by atoms with E-state index >= 15 is 0 Å². The van der Waals surface area contributed by atoms with Gasteiger partial charge in [0.05, 0.1) is 12.5 Å². The summed E-state index contributed by atoms with van der Waals surface area (Å²) >= 11 is 0. The molecule has 4 nitrogen and oxygen atoms in total. The third kappa shape index (κ3) is 3.63. The molecule has 2 aromatic rings. The average Bonchev–Trinajstić information content (AvgIpc) is 2.93. The average molecular weight is 273 g/mol. The molecule has 0 aliphatic carbocycles. The Morgan fingerprint density at radius 2 is 2.15 bits per heavy atom. The number of benzene rings is 1. The van der Waals surface area contributed by atoms with Crippen LogP contribution in [-0.2, 0) is 11.3 Å². The van der Waals surface area contributed by atoms with E-state index in [0.717, 1.165) is 22.4 Å². The van der Waals surface area contributed by atoms with Crippen molar-refractivity contribution in [3.05, 3.63) is 53.5 Å². The Morgan fingerprint density at radius 1 is 1.35 bits per heavy atom. The van der Waals surface area contributed by atoms with Crippen molar-refractivity contribution in [2.75, 3.05) is 0 Å². The van der Waals surface area contributed by atoms with Gasteiger partial charge in [0, 0.05) is 12.1 Å². The normalized spacial score (nSPS) is 11.9. The number of rotatable bonds is 5. The first-order valence-electron chi connectivity index (χ1n) is 6.59. The fourth-order valence-corrected chi connectivity index (χ4v) is 1.80. The van der Waals surface area contributed by atoms with Crippen molar-refractivity contribution >= 4 is 5.91 Å². The van der Waals surface area contributed by atoms with Crippen LogP contribution in [0.2, 0.25) is 0 Å². The summed E-state index contributed by atoms with van der Waals surface area (Å²) in [5.41, 5.74) is 3.05. The highest BCUT2D eigenvalue weighted by molar-refractivity contribution is 5.80. The van der Waals surface area contributed by atoms with Crippen molar-refractivity contribution in [1.82, 2.24) is 5.32 Å². The molecule has 0 aliphatic rings. The first kappa shape index (κ1) is 14.2. The lowest BCUT2D eigenvalue weighted by atomic mass is 10.1. The van der Waals surface area contributed by atoms with Crippen molar-refractivity contribution in [2.45, 2.75) is 33.4 Å². The largest absolute Gasteiger partial charge is 0.481 e. The zero-order valence-electron chi connectivity index (χ0n) is 12.0. The van der Waals surface area contributed by atoms with Crippen LogP contribution in [0, 0.1) is 13.8 Å². The molecule has 1 aromatic carbocycles. The van der Waals surface area contributed by atoms with E-state index in [1.165, 1.54) is 0 Å². The molecular weight excluding hydrogens is 254 g/mol. The van der Waals surface area contributed by atoms with Crippen LogP contribution in [-0.4, -0.2) is 12.0 Å². The molecule has 1 aromatic heterocycles. The number of hydrogen-bond donors (Lipinski definition) is 1. The third-order valence-electron chi connectivity index (χ3n) is 3.06. The first-order chi connectivity index (χ1) is 9.56. The summed E-state index contributed by atoms with van der Waals surface area (Å²) in [6.45, 7) is 6.14. The molecule has 2 rings (SSSR count). The summed E-state index contributed by atoms with van der Waals surface area (Å²) in [7, 11) is 0. The number of carbonyl (C=O) groups excluding carboxylic acids is 1. The van der Waals surface area contributed by atoms with Crippen LogP contribution in [0.5, 0.6) is 5.75 Å². The minimum atomic E-state index is -0.539. The minimum absolute atomic E-state index is 0.146. The Balaban J connectivity index is 1.92. The van der Waals surface area contributed by atoms with Gasteiger partial charge in [0.1, 0.15) is 5.75 Å². The van der Waals surface area contributed by atoms with Crippen molar-refractivity contribution in [1.29, 1.82) is 0 Å². The molecule has 1 atom stereocenters. The van der Waals surface area contributed by atoms with Gasteiger partial charge in [-0.05, 0) is 44.0 Å². The maximum Gasteiger partial charge on any atom is 0.261 e. The van der Waals surface area contributed by atoms with E-state index in [9.17, 15) is 4.79 Å². The topological polar surface area (TPSA) is 51.5 Å². The van der Waals surface area contributed by atoms with Gasteiger partial charge in [-0.15, -0.1) is 0 Å². The predicted molar refractivity (Wildman–Crippen MR) is 76.6 cm³/mol. The van der Waals surface area contributed by atoms with Crippen LogP contribution in [0.15, 0.2) is 41.2 Å². The highest BCUT2D eigenvalue weighted by Crippen LogP contribution is 2.20. The summed E-state index contributed by atoms with van der Waals surface area (Å²) in [4.78, 5) is 12.0. The van der Waals surface area contributed by atoms with E-state index in [2.05, 4.69) is 5.32 Å². The van der Waals surface area contributed by atoms with E-state index in [1.807, 2.05) is 38.1 Å². The van der Waals surface area contributed by atoms with Crippen LogP contribution >= 0.6 is 0 Å². The highest BCUT2D eigenvalue weighted by Gasteiger charge is 2.15. The second kappa shape index (κ2) is 6.28. The number of furan rings is 1. The van der Waals surface area contributed by atoms with E-state index < -0.39 is 6.10 Å². The van der Waals surface area contributed by atoms with E-state index in [4.69, 9.17) is 9.15 Å². The van der Waals surface area contributed by atoms with Crippen LogP contribution < -0.4 is 10.1 Å². The smallest absolute Gasteiger partial charge is 0.261 e. The second-order valence-corrected chi connectivity index (χ2v) is 4.88. The lowest BCUT2D eigenvalue weighted by Gasteiger charge is -2.16. The maximum absolute atomic E-state index is 12.0. The van der Waals surface area contributed by atoms with Gasteiger partial charge < -0.3 is 14.5 Å². The third-order valence-corrected chi connectivity index (χ3v) is 3.06. The molecule has 0 spiro atoms. The summed E-state index contributed by atoms with van der Waals surface area (Å²) < 4.78 is 10.7. The molecule has 106 valence electrons. The molecule has 0 fully saturated rings. The lowest BCUT2D eigenvalue weighted by molar-refractivity contribution is -0.127. The zero-order valence-corrected chi connectivity index (χ0v) is 12.0. The summed E-state index contributed by atoms with van der Waals surface area (Å²) in [5, 5.41) is 2.82. The van der Waals surface area contributed by atoms with Crippen molar-refractivity contribution in [3.8, 4) is 5.75 Å². The minimum Gasteiger partial charge on any atom is -0.481 e. The van der Waals surface area contributed by atoms with E-state index in [-0.39, 0.29) is 5.91 Å². The van der Waals surface area contributed by atoms with Gasteiger partial charge in [0.15, 0.2) is 6.10 Å². The van der Waals surface area contributed by atoms with Gasteiger partial charge in [-0.3, -0.25) is 4.79 Å². The molecule has 0 aliphatic heterocycles. The quantitative estimate of drug-likeness (QED) is 0.911. The van der Waals surface area contributed by atoms with Gasteiger partial charge in [-0.1, -0.05) is 12.1 Å². The molecule has 0 radical (unpaired) electrons. The van der Waals surface area contributed by atoms with Gasteiger partial charge >= 0.3 is 0 Å². The monoisotopic (exact) mass is 273 g/mol. The number of carbonyl (C=O) groups is 1. The lowest BCUT2D eigenvalue weighted by Crippen LogP contribution is -2.35. The second-order valence-electron chi connectivity index (χ2n) is 4.88. The maximum atomic E-state index is 12.0. The number of amides is 1. The highest BCUT2D eigenvalue weighted by atomic mass is 16.5. The Labute approximate surface area is 118 Å². The number of nitrogens with one attached hydrogen (secondary N) is 1. The molecule has 0 bridgehead atoms. The molecule has 1 N–H and O–H groups in total. The summed E-state index contributed by atoms with van der Waals surface area (Å²) in [6, 6.07) is 7.76. The molecule has 0 unspecified atom stereocenters. The predicted octanol–water partition coefficient (Wildman–Crippen LogP) is 2.98. The molecular formula is C16H19NO3. The van der Waals surface area contributed by atoms with Crippen LogP contribution in [0.25, 0.3) is 0 Å². The standard InChI is InChI=1S/C16H19NO3/c1-11-4-5-12(2)15(8-11)20-13(3)16(18)17-9-14-6-7-19-10-14/h4-8,10,13H,9H2,1-3H3,(H,17,18)/t13-/m0/s1. The van der Waals surface area contributed by atoms with Crippen LogP contribution in [0.4, 0.5) is 0 Å². The number of ether oxygens (including phenoxy) is 1. The zero-order chi connectivity index (χ0) is 14.5. The SMILES string of the molecule is Cc1ccc(C)c(O[C@@H](C)C(=O)NCc2ccoc2)c1.